The third-order valence-corrected chi connectivity index (χ3v) is 16.6. The van der Waals surface area contributed by atoms with Crippen LogP contribution in [0.15, 0.2) is 11.8 Å². The second-order valence-electron chi connectivity index (χ2n) is 22.9. The second-order valence-corrected chi connectivity index (χ2v) is 27.7. The topological polar surface area (TPSA) is 300 Å². The fourth-order valence-electron chi connectivity index (χ4n) is 7.66. The Morgan fingerprint density at radius 3 is 1.94 bits per heavy atom. The van der Waals surface area contributed by atoms with Crippen LogP contribution in [0.4, 0.5) is 14.4 Å². The molecule has 0 radical (unpaired) electrons. The first kappa shape index (κ1) is 59.9. The molecule has 22 nitrogen and oxygen atoms in total. The number of nitrogens with two attached hydrogens (primary N) is 1. The molecule has 1 aliphatic carbocycles. The standard InChI is InChI=1S/C46H86N6O16Si/c1-42(2,3)66-39(57)49-20-19-30(53)36(56)50-28-23-29(51-40(58)67-43(4,5)6)34(64-37-27(18-17-26(24-47)63-37)48-21-22-62-69(15,16)45(10,11)12)31(54)33(28)65-38-32(55)35(46(13,60)25-61-38)52(14)41(59)68-44(7,8)9/h17,27-35,37-38,48,53-55,60H,18-25,47H2,1-16H3,(H,49,57)(H,50,56)(H,51,58)/t27-,28-,29+,30+,31-,32-,33+,34-,35-,37-,38-,46+/m1/s1. The molecule has 10 N–H and O–H groups in total. The quantitative estimate of drug-likeness (QED) is 0.0574. The number of amides is 4. The van der Waals surface area contributed by atoms with Crippen LogP contribution in [0.3, 0.4) is 0 Å². The van der Waals surface area contributed by atoms with Gasteiger partial charge in [-0.3, -0.25) is 4.79 Å². The number of carbonyl (C=O) groups is 4. The van der Waals surface area contributed by atoms with Crippen molar-refractivity contribution in [3.63, 3.8) is 0 Å². The molecule has 0 aromatic rings. The highest BCUT2D eigenvalue weighted by molar-refractivity contribution is 6.74. The van der Waals surface area contributed by atoms with Gasteiger partial charge in [-0.05, 0) is 113 Å². The number of aliphatic hydroxyl groups excluding tert-OH is 3. The van der Waals surface area contributed by atoms with Crippen molar-refractivity contribution in [1.29, 1.82) is 0 Å². The van der Waals surface area contributed by atoms with Gasteiger partial charge in [0.1, 0.15) is 58.7 Å². The van der Waals surface area contributed by atoms with Gasteiger partial charge in [0.25, 0.3) is 0 Å². The van der Waals surface area contributed by atoms with Gasteiger partial charge in [-0.2, -0.15) is 0 Å². The summed E-state index contributed by atoms with van der Waals surface area (Å²) in [5.74, 6) is -0.521. The minimum Gasteiger partial charge on any atom is -0.467 e. The number of hydrogen-bond acceptors (Lipinski definition) is 18. The zero-order valence-corrected chi connectivity index (χ0v) is 44.8. The Morgan fingerprint density at radius 2 is 1.39 bits per heavy atom. The maximum Gasteiger partial charge on any atom is 0.410 e. The molecule has 0 spiro atoms. The van der Waals surface area contributed by atoms with Crippen molar-refractivity contribution in [2.45, 2.75) is 217 Å². The van der Waals surface area contributed by atoms with Crippen molar-refractivity contribution in [3.05, 3.63) is 11.8 Å². The SMILES string of the molecule is CN(C(=O)OC(C)(C)C)[C@@H]1[C@@H](O)[C@@H](O[C@@H]2[C@@H](O)[C@H](O[C@H]3OC(CN)=CC[C@H]3NCCO[Si](C)(C)C(C)(C)C)[C@@H](NC(=O)OC(C)(C)C)C[C@H]2NC(=O)[C@@H](O)CCNC(=O)OC(C)(C)C)OC[C@]1(C)O. The van der Waals surface area contributed by atoms with Gasteiger partial charge in [-0.15, -0.1) is 0 Å². The molecule has 69 heavy (non-hydrogen) atoms. The van der Waals surface area contributed by atoms with Crippen molar-refractivity contribution in [1.82, 2.24) is 26.2 Å². The van der Waals surface area contributed by atoms with E-state index in [0.717, 1.165) is 4.90 Å². The molecule has 0 bridgehead atoms. The largest absolute Gasteiger partial charge is 0.467 e. The number of nitrogens with one attached hydrogen (secondary N) is 4. The summed E-state index contributed by atoms with van der Waals surface area (Å²) in [6.45, 7) is 27.4. The van der Waals surface area contributed by atoms with Crippen molar-refractivity contribution in [2.24, 2.45) is 5.73 Å². The number of alkyl carbamates (subject to hydrolysis) is 2. The molecule has 3 aliphatic rings. The molecule has 23 heteroatoms. The molecule has 1 saturated carbocycles. The first-order valence-corrected chi connectivity index (χ1v) is 26.7. The molecule has 1 saturated heterocycles. The maximum absolute atomic E-state index is 13.8. The first-order valence-electron chi connectivity index (χ1n) is 23.8. The van der Waals surface area contributed by atoms with E-state index in [9.17, 15) is 39.6 Å². The molecular weight excluding hydrogens is 921 g/mol. The van der Waals surface area contributed by atoms with Crippen LogP contribution in [0, 0.1) is 0 Å². The minimum atomic E-state index is -2.09. The summed E-state index contributed by atoms with van der Waals surface area (Å²) in [4.78, 5) is 53.9. The third-order valence-electron chi connectivity index (χ3n) is 12.0. The fraction of sp³-hybridized carbons (Fsp3) is 0.870. The summed E-state index contributed by atoms with van der Waals surface area (Å²) in [6, 6.07) is -4.31. The van der Waals surface area contributed by atoms with Crippen LogP contribution in [0.1, 0.15) is 109 Å². The summed E-state index contributed by atoms with van der Waals surface area (Å²) in [7, 11) is -0.748. The third kappa shape index (κ3) is 18.3. The first-order chi connectivity index (χ1) is 31.4. The van der Waals surface area contributed by atoms with Crippen molar-refractivity contribution in [2.75, 3.05) is 39.9 Å². The molecule has 3 rings (SSSR count). The van der Waals surface area contributed by atoms with Crippen LogP contribution in [0.2, 0.25) is 18.1 Å². The second kappa shape index (κ2) is 23.9. The Morgan fingerprint density at radius 1 is 0.841 bits per heavy atom. The Kier molecular flexibility index (Phi) is 20.8. The van der Waals surface area contributed by atoms with Gasteiger partial charge < -0.3 is 89.9 Å². The Labute approximate surface area is 409 Å². The number of ether oxygens (including phenoxy) is 7. The molecular formula is C46H86N6O16Si. The molecule has 12 atom stereocenters. The lowest BCUT2D eigenvalue weighted by Gasteiger charge is -2.50. The molecule has 2 heterocycles. The monoisotopic (exact) mass is 1010 g/mol. The number of rotatable bonds is 17. The van der Waals surface area contributed by atoms with Gasteiger partial charge in [0.2, 0.25) is 12.2 Å². The van der Waals surface area contributed by atoms with Crippen molar-refractivity contribution >= 4 is 32.5 Å². The lowest BCUT2D eigenvalue weighted by atomic mass is 9.82. The molecule has 4 amide bonds. The number of hydrogen-bond donors (Lipinski definition) is 9. The molecule has 0 aromatic carbocycles. The van der Waals surface area contributed by atoms with Crippen LogP contribution < -0.4 is 27.0 Å². The van der Waals surface area contributed by atoms with E-state index in [1.807, 2.05) is 6.08 Å². The Hall–Kier alpha value is -3.36. The van der Waals surface area contributed by atoms with Crippen molar-refractivity contribution in [3.8, 4) is 0 Å². The van der Waals surface area contributed by atoms with Crippen LogP contribution in [0.25, 0.3) is 0 Å². The van der Waals surface area contributed by atoms with Crippen LogP contribution in [0.5, 0.6) is 0 Å². The normalized spacial score (nSPS) is 29.7. The summed E-state index contributed by atoms with van der Waals surface area (Å²) in [5.41, 5.74) is 1.53. The van der Waals surface area contributed by atoms with E-state index in [1.54, 1.807) is 62.3 Å². The van der Waals surface area contributed by atoms with Crippen LogP contribution in [-0.2, 0) is 42.4 Å². The number of likely N-dealkylation sites (N-methyl/N-ethyl adjacent to an activating group) is 1. The summed E-state index contributed by atoms with van der Waals surface area (Å²) in [5, 5.41) is 58.4. The van der Waals surface area contributed by atoms with Gasteiger partial charge in [-0.25, -0.2) is 14.4 Å². The van der Waals surface area contributed by atoms with Gasteiger partial charge in [0, 0.05) is 26.7 Å². The van der Waals surface area contributed by atoms with E-state index in [0.29, 0.717) is 25.3 Å². The van der Waals surface area contributed by atoms with Gasteiger partial charge in [0.05, 0.1) is 37.3 Å². The van der Waals surface area contributed by atoms with E-state index >= 15 is 0 Å². The summed E-state index contributed by atoms with van der Waals surface area (Å²) in [6.07, 6.45) is -11.7. The van der Waals surface area contributed by atoms with E-state index in [1.165, 1.54) is 14.0 Å². The zero-order chi connectivity index (χ0) is 52.7. The predicted molar refractivity (Wildman–Crippen MR) is 256 cm³/mol. The lowest BCUT2D eigenvalue weighted by Crippen LogP contribution is -2.70. The highest BCUT2D eigenvalue weighted by Gasteiger charge is 2.55. The van der Waals surface area contributed by atoms with Gasteiger partial charge >= 0.3 is 18.3 Å². The Bertz CT molecular complexity index is 1740. The van der Waals surface area contributed by atoms with E-state index in [4.69, 9.17) is 43.3 Å². The Balaban J connectivity index is 2.05. The van der Waals surface area contributed by atoms with E-state index in [-0.39, 0.29) is 31.0 Å². The number of carbonyl (C=O) groups excluding carboxylic acids is 4. The molecule has 2 aliphatic heterocycles. The van der Waals surface area contributed by atoms with Crippen LogP contribution in [-0.4, -0.2) is 187 Å². The van der Waals surface area contributed by atoms with E-state index in [2.05, 4.69) is 55.1 Å². The lowest BCUT2D eigenvalue weighted by molar-refractivity contribution is -0.311. The molecule has 400 valence electrons. The highest BCUT2D eigenvalue weighted by Crippen LogP contribution is 2.37. The highest BCUT2D eigenvalue weighted by atomic mass is 28.4. The average molecular weight is 1010 g/mol. The number of aliphatic hydroxyl groups is 4. The minimum absolute atomic E-state index is 0.0168. The summed E-state index contributed by atoms with van der Waals surface area (Å²) >= 11 is 0. The maximum atomic E-state index is 13.8. The van der Waals surface area contributed by atoms with Crippen LogP contribution >= 0.6 is 0 Å². The van der Waals surface area contributed by atoms with Crippen molar-refractivity contribution < 1.29 is 77.2 Å². The van der Waals surface area contributed by atoms with E-state index < -0.39 is 129 Å². The average Bonchev–Trinajstić information content (AvgIpc) is 3.17. The van der Waals surface area contributed by atoms with Gasteiger partial charge in [-0.1, -0.05) is 20.8 Å². The number of nitrogens with zero attached hydrogens (tertiary/aromatic N) is 1. The molecule has 0 aromatic heterocycles. The van der Waals surface area contributed by atoms with Gasteiger partial charge in [0.15, 0.2) is 14.6 Å². The zero-order valence-electron chi connectivity index (χ0n) is 43.8. The smallest absolute Gasteiger partial charge is 0.410 e. The predicted octanol–water partition coefficient (Wildman–Crippen LogP) is 2.45. The molecule has 2 fully saturated rings. The fourth-order valence-corrected chi connectivity index (χ4v) is 8.70. The molecule has 0 unspecified atom stereocenters. The summed E-state index contributed by atoms with van der Waals surface area (Å²) < 4.78 is 48.0.